The van der Waals surface area contributed by atoms with Crippen LogP contribution in [-0.2, 0) is 23.6 Å². The highest BCUT2D eigenvalue weighted by molar-refractivity contribution is 7.92. The number of aryl methyl sites for hydroxylation is 3. The zero-order valence-electron chi connectivity index (χ0n) is 11.7. The normalized spacial score (nSPS) is 11.6. The van der Waals surface area contributed by atoms with Gasteiger partial charge < -0.3 is 10.3 Å². The van der Waals surface area contributed by atoms with Crippen molar-refractivity contribution in [3.05, 3.63) is 41.3 Å². The molecule has 2 rings (SSSR count). The topological polar surface area (TPSA) is 90.0 Å². The Morgan fingerprint density at radius 2 is 2.00 bits per heavy atom. The Labute approximate surface area is 118 Å². The summed E-state index contributed by atoms with van der Waals surface area (Å²) in [5, 5.41) is 0. The molecule has 3 N–H and O–H groups in total. The average molecular weight is 294 g/mol. The molecule has 0 atom stereocenters. The van der Waals surface area contributed by atoms with E-state index in [9.17, 15) is 8.42 Å². The lowest BCUT2D eigenvalue weighted by Crippen LogP contribution is -2.13. The number of hydrogen-bond donors (Lipinski definition) is 2. The summed E-state index contributed by atoms with van der Waals surface area (Å²) in [6.45, 7) is 4.00. The van der Waals surface area contributed by atoms with Crippen molar-refractivity contribution in [3.63, 3.8) is 0 Å². The fourth-order valence-corrected chi connectivity index (χ4v) is 3.10. The van der Waals surface area contributed by atoms with Crippen molar-refractivity contribution in [2.45, 2.75) is 25.3 Å². The van der Waals surface area contributed by atoms with E-state index in [0.29, 0.717) is 5.82 Å². The SMILES string of the molecule is Cc1cc(C)nc(NS(=O)(=O)c2cc(CN)n(C)c2)c1. The summed E-state index contributed by atoms with van der Waals surface area (Å²) < 4.78 is 28.8. The summed E-state index contributed by atoms with van der Waals surface area (Å²) in [6.07, 6.45) is 1.53. The van der Waals surface area contributed by atoms with Gasteiger partial charge in [0.2, 0.25) is 0 Å². The molecular formula is C13H18N4O2S. The van der Waals surface area contributed by atoms with Crippen LogP contribution >= 0.6 is 0 Å². The van der Waals surface area contributed by atoms with Gasteiger partial charge in [-0.25, -0.2) is 13.4 Å². The zero-order chi connectivity index (χ0) is 14.9. The summed E-state index contributed by atoms with van der Waals surface area (Å²) in [7, 11) is -1.89. The van der Waals surface area contributed by atoms with Crippen LogP contribution in [-0.4, -0.2) is 18.0 Å². The first-order valence-electron chi connectivity index (χ1n) is 6.15. The molecule has 0 saturated heterocycles. The Balaban J connectivity index is 2.35. The second kappa shape index (κ2) is 5.26. The molecule has 0 saturated carbocycles. The van der Waals surface area contributed by atoms with E-state index < -0.39 is 10.0 Å². The van der Waals surface area contributed by atoms with Crippen molar-refractivity contribution in [1.82, 2.24) is 9.55 Å². The van der Waals surface area contributed by atoms with Crippen LogP contribution in [0.25, 0.3) is 0 Å². The Kier molecular flexibility index (Phi) is 3.82. The fraction of sp³-hybridized carbons (Fsp3) is 0.308. The van der Waals surface area contributed by atoms with Gasteiger partial charge in [-0.05, 0) is 37.6 Å². The third-order valence-electron chi connectivity index (χ3n) is 2.94. The van der Waals surface area contributed by atoms with Gasteiger partial charge in [-0.2, -0.15) is 0 Å². The standard InChI is InChI=1S/C13H18N4O2S/c1-9-4-10(2)15-13(5-9)16-20(18,19)12-6-11(7-14)17(3)8-12/h4-6,8H,7,14H2,1-3H3,(H,15,16). The van der Waals surface area contributed by atoms with Crippen LogP contribution in [0.15, 0.2) is 29.3 Å². The summed E-state index contributed by atoms with van der Waals surface area (Å²) in [5.41, 5.74) is 8.01. The van der Waals surface area contributed by atoms with Crippen LogP contribution < -0.4 is 10.5 Å². The lowest BCUT2D eigenvalue weighted by atomic mass is 10.2. The molecule has 0 aromatic carbocycles. The molecule has 108 valence electrons. The first-order chi connectivity index (χ1) is 9.31. The number of anilines is 1. The summed E-state index contributed by atoms with van der Waals surface area (Å²) in [4.78, 5) is 4.35. The van der Waals surface area contributed by atoms with E-state index in [1.165, 1.54) is 6.20 Å². The van der Waals surface area contributed by atoms with Crippen molar-refractivity contribution in [2.75, 3.05) is 4.72 Å². The molecule has 0 unspecified atom stereocenters. The van der Waals surface area contributed by atoms with Gasteiger partial charge >= 0.3 is 0 Å². The van der Waals surface area contributed by atoms with Crippen molar-refractivity contribution in [2.24, 2.45) is 12.8 Å². The molecule has 2 heterocycles. The minimum absolute atomic E-state index is 0.182. The van der Waals surface area contributed by atoms with Crippen molar-refractivity contribution in [1.29, 1.82) is 0 Å². The molecule has 0 aliphatic heterocycles. The molecule has 0 aliphatic rings. The van der Waals surface area contributed by atoms with E-state index in [-0.39, 0.29) is 11.4 Å². The predicted octanol–water partition coefficient (Wildman–Crippen LogP) is 1.30. The highest BCUT2D eigenvalue weighted by Crippen LogP contribution is 2.18. The molecular weight excluding hydrogens is 276 g/mol. The molecule has 0 bridgehead atoms. The zero-order valence-corrected chi connectivity index (χ0v) is 12.5. The van der Waals surface area contributed by atoms with Crippen molar-refractivity contribution >= 4 is 15.8 Å². The molecule has 2 aromatic heterocycles. The Bertz CT molecular complexity index is 715. The lowest BCUT2D eigenvalue weighted by Gasteiger charge is -2.07. The molecule has 0 spiro atoms. The molecule has 0 radical (unpaired) electrons. The molecule has 7 heteroatoms. The third kappa shape index (κ3) is 3.00. The second-order valence-electron chi connectivity index (χ2n) is 4.76. The van der Waals surface area contributed by atoms with E-state index in [4.69, 9.17) is 5.73 Å². The number of rotatable bonds is 4. The number of hydrogen-bond acceptors (Lipinski definition) is 4. The van der Waals surface area contributed by atoms with Gasteiger partial charge in [0.15, 0.2) is 0 Å². The van der Waals surface area contributed by atoms with Gasteiger partial charge in [0.1, 0.15) is 10.7 Å². The minimum Gasteiger partial charge on any atom is -0.352 e. The molecule has 2 aromatic rings. The summed E-state index contributed by atoms with van der Waals surface area (Å²) >= 11 is 0. The molecule has 20 heavy (non-hydrogen) atoms. The number of pyridine rings is 1. The minimum atomic E-state index is -3.65. The van der Waals surface area contributed by atoms with Crippen LogP contribution in [0, 0.1) is 13.8 Å². The van der Waals surface area contributed by atoms with Crippen molar-refractivity contribution in [3.8, 4) is 0 Å². The number of sulfonamides is 1. The average Bonchev–Trinajstić information content (AvgIpc) is 2.69. The van der Waals surface area contributed by atoms with Gasteiger partial charge in [0.05, 0.1) is 0 Å². The Morgan fingerprint density at radius 3 is 2.55 bits per heavy atom. The first-order valence-corrected chi connectivity index (χ1v) is 7.63. The van der Waals surface area contributed by atoms with Crippen LogP contribution in [0.3, 0.4) is 0 Å². The largest absolute Gasteiger partial charge is 0.352 e. The van der Waals surface area contributed by atoms with Crippen LogP contribution in [0.5, 0.6) is 0 Å². The second-order valence-corrected chi connectivity index (χ2v) is 6.44. The number of aromatic nitrogens is 2. The number of nitrogens with zero attached hydrogens (tertiary/aromatic N) is 2. The van der Waals surface area contributed by atoms with Crippen LogP contribution in [0.1, 0.15) is 17.0 Å². The smallest absolute Gasteiger partial charge is 0.264 e. The quantitative estimate of drug-likeness (QED) is 0.889. The highest BCUT2D eigenvalue weighted by atomic mass is 32.2. The monoisotopic (exact) mass is 294 g/mol. The van der Waals surface area contributed by atoms with E-state index in [2.05, 4.69) is 9.71 Å². The maximum atomic E-state index is 12.3. The Morgan fingerprint density at radius 1 is 1.30 bits per heavy atom. The first kappa shape index (κ1) is 14.5. The molecule has 6 nitrogen and oxygen atoms in total. The summed E-state index contributed by atoms with van der Waals surface area (Å²) in [6, 6.07) is 5.13. The van der Waals surface area contributed by atoms with Crippen LogP contribution in [0.2, 0.25) is 0 Å². The molecule has 0 aliphatic carbocycles. The van der Waals surface area contributed by atoms with Crippen LogP contribution in [0.4, 0.5) is 5.82 Å². The van der Waals surface area contributed by atoms with Gasteiger partial charge in [0.25, 0.3) is 10.0 Å². The number of nitrogens with two attached hydrogens (primary N) is 1. The van der Waals surface area contributed by atoms with Crippen molar-refractivity contribution < 1.29 is 8.42 Å². The Hall–Kier alpha value is -1.86. The van der Waals surface area contributed by atoms with E-state index >= 15 is 0 Å². The molecule has 0 fully saturated rings. The number of nitrogens with one attached hydrogen (secondary N) is 1. The van der Waals surface area contributed by atoms with E-state index in [1.54, 1.807) is 23.7 Å². The maximum Gasteiger partial charge on any atom is 0.264 e. The maximum absolute atomic E-state index is 12.3. The highest BCUT2D eigenvalue weighted by Gasteiger charge is 2.18. The summed E-state index contributed by atoms with van der Waals surface area (Å²) in [5.74, 6) is 0.320. The van der Waals surface area contributed by atoms with E-state index in [0.717, 1.165) is 17.0 Å². The lowest BCUT2D eigenvalue weighted by molar-refractivity contribution is 0.601. The van der Waals surface area contributed by atoms with Gasteiger partial charge in [0, 0.05) is 31.2 Å². The molecule has 0 amide bonds. The predicted molar refractivity (Wildman–Crippen MR) is 77.8 cm³/mol. The third-order valence-corrected chi connectivity index (χ3v) is 4.26. The van der Waals surface area contributed by atoms with Gasteiger partial charge in [-0.3, -0.25) is 4.72 Å². The fourth-order valence-electron chi connectivity index (χ4n) is 2.02. The van der Waals surface area contributed by atoms with E-state index in [1.807, 2.05) is 19.9 Å². The van der Waals surface area contributed by atoms with Gasteiger partial charge in [-0.1, -0.05) is 0 Å². The van der Waals surface area contributed by atoms with Gasteiger partial charge in [-0.15, -0.1) is 0 Å².